The third-order valence-corrected chi connectivity index (χ3v) is 4.18. The molecular weight excluding hydrogens is 290 g/mol. The first kappa shape index (κ1) is 16.0. The normalized spacial score (nSPS) is 20.6. The second-order valence-corrected chi connectivity index (χ2v) is 6.11. The zero-order chi connectivity index (χ0) is 15.2. The Balaban J connectivity index is 1.94. The van der Waals surface area contributed by atoms with Crippen molar-refractivity contribution in [2.24, 2.45) is 0 Å². The van der Waals surface area contributed by atoms with Gasteiger partial charge in [-0.25, -0.2) is 0 Å². The fourth-order valence-electron chi connectivity index (χ4n) is 2.81. The van der Waals surface area contributed by atoms with Gasteiger partial charge in [0.15, 0.2) is 0 Å². The molecule has 2 atom stereocenters. The summed E-state index contributed by atoms with van der Waals surface area (Å²) in [7, 11) is 0. The Hall–Kier alpha value is -1.33. The molecule has 0 radical (unpaired) electrons. The van der Waals surface area contributed by atoms with E-state index in [2.05, 4.69) is 17.6 Å². The van der Waals surface area contributed by atoms with Gasteiger partial charge >= 0.3 is 0 Å². The van der Waals surface area contributed by atoms with Crippen molar-refractivity contribution in [1.82, 2.24) is 5.32 Å². The summed E-state index contributed by atoms with van der Waals surface area (Å²) in [4.78, 5) is 10.4. The summed E-state index contributed by atoms with van der Waals surface area (Å²) in [5.74, 6) is 0. The van der Waals surface area contributed by atoms with E-state index in [1.807, 2.05) is 0 Å². The van der Waals surface area contributed by atoms with Gasteiger partial charge in [0.2, 0.25) is 0 Å². The van der Waals surface area contributed by atoms with Crippen molar-refractivity contribution in [1.29, 1.82) is 0 Å². The van der Waals surface area contributed by atoms with Crippen LogP contribution in [0.1, 0.15) is 39.0 Å². The number of benzene rings is 1. The quantitative estimate of drug-likeness (QED) is 0.638. The molecule has 1 aliphatic heterocycles. The summed E-state index contributed by atoms with van der Waals surface area (Å²) in [5.41, 5.74) is 0.689. The van der Waals surface area contributed by atoms with Crippen LogP contribution < -0.4 is 10.6 Å². The van der Waals surface area contributed by atoms with Crippen LogP contribution in [-0.4, -0.2) is 23.6 Å². The standard InChI is InChI=1S/C15H22ClN3O2/c1-11(9-12-5-3-2-4-8-17-12)18-13-6-7-14(16)15(10-13)19(20)21/h6-7,10-12,17-18H,2-5,8-9H2,1H3. The van der Waals surface area contributed by atoms with Gasteiger partial charge in [-0.3, -0.25) is 10.1 Å². The van der Waals surface area contributed by atoms with Crippen LogP contribution >= 0.6 is 11.6 Å². The third kappa shape index (κ3) is 4.86. The molecule has 2 N–H and O–H groups in total. The molecule has 1 heterocycles. The predicted octanol–water partition coefficient (Wildman–Crippen LogP) is 3.97. The first-order valence-electron chi connectivity index (χ1n) is 7.50. The molecule has 1 fully saturated rings. The summed E-state index contributed by atoms with van der Waals surface area (Å²) in [5, 5.41) is 18.0. The molecule has 1 saturated heterocycles. The van der Waals surface area contributed by atoms with Crippen LogP contribution in [0.4, 0.5) is 11.4 Å². The fraction of sp³-hybridized carbons (Fsp3) is 0.600. The highest BCUT2D eigenvalue weighted by Gasteiger charge is 2.17. The zero-order valence-corrected chi connectivity index (χ0v) is 13.0. The third-order valence-electron chi connectivity index (χ3n) is 3.86. The molecule has 0 aliphatic carbocycles. The van der Waals surface area contributed by atoms with Gasteiger partial charge < -0.3 is 10.6 Å². The molecular formula is C15H22ClN3O2. The van der Waals surface area contributed by atoms with Crippen molar-refractivity contribution in [3.63, 3.8) is 0 Å². The highest BCUT2D eigenvalue weighted by Crippen LogP contribution is 2.28. The lowest BCUT2D eigenvalue weighted by Crippen LogP contribution is -2.33. The molecule has 0 amide bonds. The SMILES string of the molecule is CC(CC1CCCCCN1)Nc1ccc(Cl)c([N+](=O)[O-])c1. The molecule has 6 heteroatoms. The van der Waals surface area contributed by atoms with E-state index in [-0.39, 0.29) is 16.8 Å². The van der Waals surface area contributed by atoms with E-state index in [1.54, 1.807) is 12.1 Å². The summed E-state index contributed by atoms with van der Waals surface area (Å²) in [6.45, 7) is 3.19. The molecule has 21 heavy (non-hydrogen) atoms. The van der Waals surface area contributed by atoms with Gasteiger partial charge in [0, 0.05) is 23.8 Å². The maximum Gasteiger partial charge on any atom is 0.289 e. The number of rotatable bonds is 5. The molecule has 2 unspecified atom stereocenters. The van der Waals surface area contributed by atoms with Gasteiger partial charge in [-0.1, -0.05) is 24.4 Å². The van der Waals surface area contributed by atoms with Crippen LogP contribution in [0.5, 0.6) is 0 Å². The molecule has 116 valence electrons. The largest absolute Gasteiger partial charge is 0.382 e. The summed E-state index contributed by atoms with van der Waals surface area (Å²) in [6.07, 6.45) is 6.04. The first-order chi connectivity index (χ1) is 10.1. The van der Waals surface area contributed by atoms with Crippen molar-refractivity contribution in [2.75, 3.05) is 11.9 Å². The fourth-order valence-corrected chi connectivity index (χ4v) is 3.00. The van der Waals surface area contributed by atoms with Gasteiger partial charge in [0.1, 0.15) is 5.02 Å². The van der Waals surface area contributed by atoms with Crippen molar-refractivity contribution in [3.05, 3.63) is 33.3 Å². The highest BCUT2D eigenvalue weighted by atomic mass is 35.5. The van der Waals surface area contributed by atoms with Gasteiger partial charge in [0.05, 0.1) is 4.92 Å². The van der Waals surface area contributed by atoms with Gasteiger partial charge in [-0.15, -0.1) is 0 Å². The smallest absolute Gasteiger partial charge is 0.289 e. The summed E-state index contributed by atoms with van der Waals surface area (Å²) >= 11 is 5.82. The molecule has 1 aromatic carbocycles. The lowest BCUT2D eigenvalue weighted by molar-refractivity contribution is -0.384. The van der Waals surface area contributed by atoms with E-state index >= 15 is 0 Å². The Morgan fingerprint density at radius 1 is 1.48 bits per heavy atom. The van der Waals surface area contributed by atoms with Crippen molar-refractivity contribution in [2.45, 2.75) is 51.1 Å². The molecule has 1 aliphatic rings. The molecule has 0 spiro atoms. The van der Waals surface area contributed by atoms with Crippen molar-refractivity contribution >= 4 is 23.0 Å². The molecule has 0 saturated carbocycles. The Labute approximate surface area is 130 Å². The van der Waals surface area contributed by atoms with E-state index in [0.717, 1.165) is 18.7 Å². The number of anilines is 1. The van der Waals surface area contributed by atoms with Crippen LogP contribution in [0, 0.1) is 10.1 Å². The average Bonchev–Trinajstić information content (AvgIpc) is 2.69. The lowest BCUT2D eigenvalue weighted by Gasteiger charge is -2.22. The summed E-state index contributed by atoms with van der Waals surface area (Å²) < 4.78 is 0. The monoisotopic (exact) mass is 311 g/mol. The number of halogens is 1. The molecule has 1 aromatic rings. The Bertz CT molecular complexity index is 488. The molecule has 2 rings (SSSR count). The number of nitro groups is 1. The number of hydrogen-bond acceptors (Lipinski definition) is 4. The minimum atomic E-state index is -0.453. The van der Waals surface area contributed by atoms with Crippen LogP contribution in [0.25, 0.3) is 0 Å². The predicted molar refractivity (Wildman–Crippen MR) is 86.1 cm³/mol. The lowest BCUT2D eigenvalue weighted by atomic mass is 10.0. The first-order valence-corrected chi connectivity index (χ1v) is 7.88. The van der Waals surface area contributed by atoms with E-state index in [9.17, 15) is 10.1 Å². The Kier molecular flexibility index (Phi) is 5.82. The van der Waals surface area contributed by atoms with E-state index in [0.29, 0.717) is 6.04 Å². The van der Waals surface area contributed by atoms with E-state index in [4.69, 9.17) is 11.6 Å². The maximum atomic E-state index is 10.9. The van der Waals surface area contributed by atoms with Crippen LogP contribution in [0.3, 0.4) is 0 Å². The Morgan fingerprint density at radius 2 is 2.29 bits per heavy atom. The topological polar surface area (TPSA) is 67.2 Å². The van der Waals surface area contributed by atoms with Crippen molar-refractivity contribution < 1.29 is 4.92 Å². The molecule has 0 aromatic heterocycles. The van der Waals surface area contributed by atoms with Gasteiger partial charge in [-0.2, -0.15) is 0 Å². The van der Waals surface area contributed by atoms with Crippen LogP contribution in [0.15, 0.2) is 18.2 Å². The van der Waals surface area contributed by atoms with Gasteiger partial charge in [0.25, 0.3) is 5.69 Å². The molecule has 0 bridgehead atoms. The second kappa shape index (κ2) is 7.61. The summed E-state index contributed by atoms with van der Waals surface area (Å²) in [6, 6.07) is 5.63. The Morgan fingerprint density at radius 3 is 3.05 bits per heavy atom. The van der Waals surface area contributed by atoms with Crippen LogP contribution in [0.2, 0.25) is 5.02 Å². The number of nitrogens with zero attached hydrogens (tertiary/aromatic N) is 1. The second-order valence-electron chi connectivity index (χ2n) is 5.70. The number of hydrogen-bond donors (Lipinski definition) is 2. The minimum Gasteiger partial charge on any atom is -0.382 e. The van der Waals surface area contributed by atoms with Gasteiger partial charge in [-0.05, 0) is 44.9 Å². The van der Waals surface area contributed by atoms with E-state index < -0.39 is 4.92 Å². The minimum absolute atomic E-state index is 0.0542. The zero-order valence-electron chi connectivity index (χ0n) is 12.3. The average molecular weight is 312 g/mol. The number of nitro benzene ring substituents is 1. The van der Waals surface area contributed by atoms with Crippen LogP contribution in [-0.2, 0) is 0 Å². The maximum absolute atomic E-state index is 10.9. The van der Waals surface area contributed by atoms with E-state index in [1.165, 1.54) is 31.7 Å². The number of nitrogens with one attached hydrogen (secondary N) is 2. The highest BCUT2D eigenvalue weighted by molar-refractivity contribution is 6.32. The molecule has 5 nitrogen and oxygen atoms in total. The van der Waals surface area contributed by atoms with Crippen molar-refractivity contribution in [3.8, 4) is 0 Å².